The lowest BCUT2D eigenvalue weighted by Crippen LogP contribution is -2.54. The molecule has 0 unspecified atom stereocenters. The quantitative estimate of drug-likeness (QED) is 0.158. The van der Waals surface area contributed by atoms with Crippen LogP contribution in [0.25, 0.3) is 0 Å². The number of carbonyl (C=O) groups excluding carboxylic acids is 2. The van der Waals surface area contributed by atoms with Gasteiger partial charge in [-0.1, -0.05) is 113 Å². The third kappa shape index (κ3) is 8.65. The van der Waals surface area contributed by atoms with Crippen LogP contribution in [0.4, 0.5) is 5.69 Å². The van der Waals surface area contributed by atoms with Crippen LogP contribution in [0.5, 0.6) is 0 Å². The number of hydrogen-bond acceptors (Lipinski definition) is 4. The predicted octanol–water partition coefficient (Wildman–Crippen LogP) is 8.50. The molecule has 7 nitrogen and oxygen atoms in total. The summed E-state index contributed by atoms with van der Waals surface area (Å²) in [6, 6.07) is 24.0. The number of nitrogens with zero attached hydrogens (tertiary/aromatic N) is 2. The van der Waals surface area contributed by atoms with Crippen LogP contribution < -0.4 is 9.62 Å². The van der Waals surface area contributed by atoms with E-state index >= 15 is 0 Å². The molecule has 4 aromatic carbocycles. The summed E-state index contributed by atoms with van der Waals surface area (Å²) >= 11 is 25.7. The Bertz CT molecular complexity index is 1850. The van der Waals surface area contributed by atoms with Gasteiger partial charge in [-0.3, -0.25) is 13.9 Å². The van der Waals surface area contributed by atoms with Crippen LogP contribution in [-0.2, 0) is 32.6 Å². The van der Waals surface area contributed by atoms with Crippen molar-refractivity contribution in [1.29, 1.82) is 0 Å². The summed E-state index contributed by atoms with van der Waals surface area (Å²) in [7, 11) is -4.31. The van der Waals surface area contributed by atoms with Crippen LogP contribution in [0, 0.1) is 6.92 Å². The lowest BCUT2D eigenvalue weighted by Gasteiger charge is -2.34. The van der Waals surface area contributed by atoms with E-state index in [2.05, 4.69) is 5.32 Å². The highest BCUT2D eigenvalue weighted by atomic mass is 35.5. The number of rotatable bonds is 12. The van der Waals surface area contributed by atoms with Crippen LogP contribution in [0.2, 0.25) is 20.1 Å². The number of sulfonamides is 1. The molecule has 1 N–H and O–H groups in total. The summed E-state index contributed by atoms with van der Waals surface area (Å²) in [5, 5.41) is 4.10. The normalized spacial score (nSPS) is 14.0. The van der Waals surface area contributed by atoms with Gasteiger partial charge >= 0.3 is 0 Å². The summed E-state index contributed by atoms with van der Waals surface area (Å²) in [6.45, 7) is 1.04. The molecule has 0 aliphatic heterocycles. The maximum atomic E-state index is 14.7. The number of hydrogen-bond donors (Lipinski definition) is 1. The standard InChI is InChI=1S/C36H35Cl4N3O4S/c1-24-14-17-28(18-15-24)48(46,47)43(27-16-19-32(39)33(40)21-27)23-35(44)42(22-29-30(37)12-7-13-31(29)38)34(20-25-8-3-2-4-9-25)36(45)41-26-10-5-6-11-26/h2-4,7-9,12-19,21,26,34H,5-6,10-11,20,22-23H2,1H3,(H,41,45)/t34-/m0/s1. The minimum atomic E-state index is -4.31. The first kappa shape index (κ1) is 36.0. The Balaban J connectivity index is 1.61. The second-order valence-electron chi connectivity index (χ2n) is 11.8. The SMILES string of the molecule is Cc1ccc(S(=O)(=O)N(CC(=O)N(Cc2c(Cl)cccc2Cl)[C@@H](Cc2ccccc2)C(=O)NC2CCCC2)c2ccc(Cl)c(Cl)c2)cc1. The third-order valence-corrected chi connectivity index (χ3v) is 11.7. The van der Waals surface area contributed by atoms with Gasteiger partial charge in [0.15, 0.2) is 0 Å². The van der Waals surface area contributed by atoms with Crippen molar-refractivity contribution in [3.63, 3.8) is 0 Å². The topological polar surface area (TPSA) is 86.8 Å². The highest BCUT2D eigenvalue weighted by Gasteiger charge is 2.36. The van der Waals surface area contributed by atoms with Crippen LogP contribution in [-0.4, -0.2) is 43.8 Å². The van der Waals surface area contributed by atoms with E-state index < -0.39 is 28.5 Å². The molecule has 1 aliphatic carbocycles. The Morgan fingerprint density at radius 2 is 1.46 bits per heavy atom. The molecule has 1 fully saturated rings. The number of halogens is 4. The maximum absolute atomic E-state index is 14.7. The van der Waals surface area contributed by atoms with E-state index in [1.54, 1.807) is 30.3 Å². The Hall–Kier alpha value is -3.27. The molecule has 1 aliphatic rings. The summed E-state index contributed by atoms with van der Waals surface area (Å²) in [4.78, 5) is 30.2. The summed E-state index contributed by atoms with van der Waals surface area (Å²) in [5.41, 5.74) is 2.25. The van der Waals surface area contributed by atoms with Crippen molar-refractivity contribution in [2.75, 3.05) is 10.8 Å². The number of anilines is 1. The number of benzene rings is 4. The van der Waals surface area contributed by atoms with E-state index in [1.807, 2.05) is 37.3 Å². The molecule has 0 radical (unpaired) electrons. The van der Waals surface area contributed by atoms with Gasteiger partial charge in [0.2, 0.25) is 11.8 Å². The molecule has 0 spiro atoms. The van der Waals surface area contributed by atoms with Gasteiger partial charge in [0.25, 0.3) is 10.0 Å². The highest BCUT2D eigenvalue weighted by molar-refractivity contribution is 7.92. The maximum Gasteiger partial charge on any atom is 0.264 e. The zero-order valence-corrected chi connectivity index (χ0v) is 30.1. The van der Waals surface area contributed by atoms with Crippen molar-refractivity contribution in [3.05, 3.63) is 128 Å². The molecule has 0 saturated heterocycles. The van der Waals surface area contributed by atoms with Crippen molar-refractivity contribution >= 4 is 73.9 Å². The van der Waals surface area contributed by atoms with Gasteiger partial charge in [0.1, 0.15) is 12.6 Å². The fourth-order valence-electron chi connectivity index (χ4n) is 5.78. The Kier molecular flexibility index (Phi) is 12.0. The van der Waals surface area contributed by atoms with Gasteiger partial charge < -0.3 is 10.2 Å². The van der Waals surface area contributed by atoms with Crippen LogP contribution in [0.1, 0.15) is 42.4 Å². The zero-order valence-electron chi connectivity index (χ0n) is 26.2. The average molecular weight is 748 g/mol. The lowest BCUT2D eigenvalue weighted by atomic mass is 10.0. The van der Waals surface area contributed by atoms with Gasteiger partial charge in [0, 0.05) is 34.6 Å². The van der Waals surface area contributed by atoms with Crippen molar-refractivity contribution in [3.8, 4) is 0 Å². The van der Waals surface area contributed by atoms with Crippen LogP contribution >= 0.6 is 46.4 Å². The Morgan fingerprint density at radius 1 is 0.812 bits per heavy atom. The molecule has 1 atom stereocenters. The smallest absolute Gasteiger partial charge is 0.264 e. The second kappa shape index (κ2) is 16.0. The van der Waals surface area contributed by atoms with Crippen molar-refractivity contribution in [2.24, 2.45) is 0 Å². The van der Waals surface area contributed by atoms with E-state index in [4.69, 9.17) is 46.4 Å². The van der Waals surface area contributed by atoms with E-state index in [0.29, 0.717) is 15.6 Å². The number of nitrogens with one attached hydrogen (secondary N) is 1. The van der Waals surface area contributed by atoms with Gasteiger partial charge in [-0.2, -0.15) is 0 Å². The van der Waals surface area contributed by atoms with E-state index in [1.165, 1.54) is 35.2 Å². The summed E-state index contributed by atoms with van der Waals surface area (Å²) in [6.07, 6.45) is 3.86. The number of aryl methyl sites for hydroxylation is 1. The Morgan fingerprint density at radius 3 is 2.08 bits per heavy atom. The average Bonchev–Trinajstić information content (AvgIpc) is 3.57. The first-order chi connectivity index (χ1) is 22.9. The van der Waals surface area contributed by atoms with Crippen molar-refractivity contribution in [1.82, 2.24) is 10.2 Å². The molecule has 4 aromatic rings. The zero-order chi connectivity index (χ0) is 34.4. The van der Waals surface area contributed by atoms with Gasteiger partial charge in [-0.05, 0) is 67.8 Å². The van der Waals surface area contributed by atoms with Gasteiger partial charge in [-0.15, -0.1) is 0 Å². The summed E-state index contributed by atoms with van der Waals surface area (Å²) < 4.78 is 29.5. The molecule has 12 heteroatoms. The minimum absolute atomic E-state index is 0.0208. The largest absolute Gasteiger partial charge is 0.352 e. The molecule has 2 amide bonds. The molecular weight excluding hydrogens is 712 g/mol. The fourth-order valence-corrected chi connectivity index (χ4v) is 8.00. The fraction of sp³-hybridized carbons (Fsp3) is 0.278. The molecule has 0 bridgehead atoms. The van der Waals surface area contributed by atoms with Gasteiger partial charge in [-0.25, -0.2) is 8.42 Å². The van der Waals surface area contributed by atoms with E-state index in [-0.39, 0.29) is 45.5 Å². The highest BCUT2D eigenvalue weighted by Crippen LogP contribution is 2.32. The molecular formula is C36H35Cl4N3O4S. The van der Waals surface area contributed by atoms with Crippen LogP contribution in [0.15, 0.2) is 95.9 Å². The molecule has 5 rings (SSSR count). The molecule has 0 heterocycles. The molecule has 0 aromatic heterocycles. The minimum Gasteiger partial charge on any atom is -0.352 e. The number of amides is 2. The first-order valence-corrected chi connectivity index (χ1v) is 18.5. The van der Waals surface area contributed by atoms with E-state index in [0.717, 1.165) is 41.1 Å². The molecule has 252 valence electrons. The second-order valence-corrected chi connectivity index (χ2v) is 15.3. The number of carbonyl (C=O) groups is 2. The molecule has 48 heavy (non-hydrogen) atoms. The predicted molar refractivity (Wildman–Crippen MR) is 194 cm³/mol. The van der Waals surface area contributed by atoms with Crippen LogP contribution in [0.3, 0.4) is 0 Å². The molecule has 1 saturated carbocycles. The first-order valence-electron chi connectivity index (χ1n) is 15.5. The third-order valence-electron chi connectivity index (χ3n) is 8.44. The van der Waals surface area contributed by atoms with Crippen molar-refractivity contribution in [2.45, 2.75) is 62.6 Å². The van der Waals surface area contributed by atoms with Crippen molar-refractivity contribution < 1.29 is 18.0 Å². The van der Waals surface area contributed by atoms with Gasteiger partial charge in [0.05, 0.1) is 20.6 Å². The summed E-state index contributed by atoms with van der Waals surface area (Å²) in [5.74, 6) is -0.986. The Labute approximate surface area is 301 Å². The monoisotopic (exact) mass is 745 g/mol. The lowest BCUT2D eigenvalue weighted by molar-refractivity contribution is -0.140. The van der Waals surface area contributed by atoms with E-state index in [9.17, 15) is 18.0 Å².